The molecule has 1 atom stereocenters. The number of ketones is 1. The van der Waals surface area contributed by atoms with Crippen molar-refractivity contribution in [3.05, 3.63) is 56.2 Å². The predicted octanol–water partition coefficient (Wildman–Crippen LogP) is 4.31. The van der Waals surface area contributed by atoms with Gasteiger partial charge in [0.1, 0.15) is 5.92 Å². The number of thiophene rings is 1. The molecule has 0 saturated heterocycles. The van der Waals surface area contributed by atoms with Gasteiger partial charge in [0.25, 0.3) is 0 Å². The summed E-state index contributed by atoms with van der Waals surface area (Å²) in [6.07, 6.45) is 0. The Morgan fingerprint density at radius 2 is 2.00 bits per heavy atom. The smallest absolute Gasteiger partial charge is 0.185 e. The molecule has 0 amide bonds. The van der Waals surface area contributed by atoms with Crippen molar-refractivity contribution >= 4 is 33.0 Å². The van der Waals surface area contributed by atoms with E-state index in [2.05, 4.69) is 22.0 Å². The molecular weight excluding hydrogens is 310 g/mol. The first kappa shape index (κ1) is 13.0. The van der Waals surface area contributed by atoms with Crippen LogP contribution < -0.4 is 0 Å². The molecule has 0 fully saturated rings. The van der Waals surface area contributed by atoms with E-state index in [1.807, 2.05) is 24.4 Å². The normalized spacial score (nSPS) is 11.8. The van der Waals surface area contributed by atoms with Crippen molar-refractivity contribution in [3.63, 3.8) is 0 Å². The Morgan fingerprint density at radius 1 is 1.33 bits per heavy atom. The summed E-state index contributed by atoms with van der Waals surface area (Å²) in [6.45, 7) is 1.89. The van der Waals surface area contributed by atoms with Gasteiger partial charge in [-0.25, -0.2) is 0 Å². The first-order chi connectivity index (χ1) is 8.63. The summed E-state index contributed by atoms with van der Waals surface area (Å²) in [5, 5.41) is 13.0. The van der Waals surface area contributed by atoms with Crippen LogP contribution in [-0.2, 0) is 0 Å². The first-order valence-electron chi connectivity index (χ1n) is 5.35. The Morgan fingerprint density at radius 3 is 2.50 bits per heavy atom. The second-order valence-electron chi connectivity index (χ2n) is 3.95. The fourth-order valence-electron chi connectivity index (χ4n) is 1.71. The maximum absolute atomic E-state index is 12.3. The largest absolute Gasteiger partial charge is 0.292 e. The van der Waals surface area contributed by atoms with Gasteiger partial charge in [0.15, 0.2) is 5.78 Å². The third-order valence-corrected chi connectivity index (χ3v) is 4.11. The molecule has 0 bridgehead atoms. The van der Waals surface area contributed by atoms with Crippen LogP contribution in [0.4, 0.5) is 0 Å². The molecule has 1 aromatic carbocycles. The Kier molecular flexibility index (Phi) is 3.95. The molecule has 1 aromatic heterocycles. The van der Waals surface area contributed by atoms with Gasteiger partial charge < -0.3 is 0 Å². The van der Waals surface area contributed by atoms with Crippen molar-refractivity contribution in [2.75, 3.05) is 0 Å². The Bertz CT molecular complexity index is 609. The van der Waals surface area contributed by atoms with Gasteiger partial charge in [0.05, 0.1) is 6.07 Å². The van der Waals surface area contributed by atoms with Crippen LogP contribution in [0.1, 0.15) is 27.4 Å². The predicted molar refractivity (Wildman–Crippen MR) is 75.9 cm³/mol. The highest BCUT2D eigenvalue weighted by Crippen LogP contribution is 2.25. The molecule has 0 radical (unpaired) electrons. The lowest BCUT2D eigenvalue weighted by Crippen LogP contribution is -2.11. The van der Waals surface area contributed by atoms with E-state index in [0.717, 1.165) is 15.6 Å². The van der Waals surface area contributed by atoms with Gasteiger partial charge >= 0.3 is 0 Å². The van der Waals surface area contributed by atoms with E-state index in [1.165, 1.54) is 11.3 Å². The summed E-state index contributed by atoms with van der Waals surface area (Å²) >= 11 is 4.82. The topological polar surface area (TPSA) is 40.9 Å². The zero-order valence-corrected chi connectivity index (χ0v) is 12.1. The molecule has 0 saturated carbocycles. The van der Waals surface area contributed by atoms with Crippen LogP contribution in [0.5, 0.6) is 0 Å². The molecule has 1 unspecified atom stereocenters. The molecule has 18 heavy (non-hydrogen) atoms. The van der Waals surface area contributed by atoms with E-state index in [0.29, 0.717) is 5.56 Å². The first-order valence-corrected chi connectivity index (χ1v) is 7.09. The lowest BCUT2D eigenvalue weighted by Gasteiger charge is -2.08. The Balaban J connectivity index is 2.36. The molecule has 2 rings (SSSR count). The second kappa shape index (κ2) is 5.47. The van der Waals surface area contributed by atoms with Crippen molar-refractivity contribution in [1.29, 1.82) is 5.26 Å². The highest BCUT2D eigenvalue weighted by Gasteiger charge is 2.23. The summed E-state index contributed by atoms with van der Waals surface area (Å²) in [6, 6.07) is 9.38. The maximum atomic E-state index is 12.3. The van der Waals surface area contributed by atoms with Crippen molar-refractivity contribution in [1.82, 2.24) is 0 Å². The number of benzene rings is 1. The average Bonchev–Trinajstić information content (AvgIpc) is 2.78. The van der Waals surface area contributed by atoms with Gasteiger partial charge in [-0.05, 0) is 35.6 Å². The van der Waals surface area contributed by atoms with Crippen LogP contribution in [0.15, 0.2) is 39.5 Å². The molecule has 1 heterocycles. The van der Waals surface area contributed by atoms with Gasteiger partial charge in [-0.15, -0.1) is 0 Å². The fraction of sp³-hybridized carbons (Fsp3) is 0.143. The van der Waals surface area contributed by atoms with E-state index >= 15 is 0 Å². The zero-order valence-electron chi connectivity index (χ0n) is 9.68. The highest BCUT2D eigenvalue weighted by molar-refractivity contribution is 9.10. The average molecular weight is 320 g/mol. The number of aryl methyl sites for hydroxylation is 1. The zero-order chi connectivity index (χ0) is 13.1. The molecule has 2 aromatic rings. The highest BCUT2D eigenvalue weighted by atomic mass is 79.9. The Hall–Kier alpha value is -1.44. The minimum atomic E-state index is -0.730. The van der Waals surface area contributed by atoms with Crippen LogP contribution in [0.3, 0.4) is 0 Å². The van der Waals surface area contributed by atoms with Gasteiger partial charge in [0.2, 0.25) is 0 Å². The number of carbonyl (C=O) groups excluding carboxylic acids is 1. The number of Topliss-reactive ketones (excluding diaryl/α,β-unsaturated/α-hetero) is 1. The third-order valence-electron chi connectivity index (χ3n) is 2.72. The summed E-state index contributed by atoms with van der Waals surface area (Å²) in [5.41, 5.74) is 2.31. The molecule has 0 aliphatic heterocycles. The van der Waals surface area contributed by atoms with E-state index in [9.17, 15) is 10.1 Å². The minimum absolute atomic E-state index is 0.126. The molecule has 0 spiro atoms. The van der Waals surface area contributed by atoms with E-state index in [-0.39, 0.29) is 5.78 Å². The molecule has 0 aliphatic rings. The minimum Gasteiger partial charge on any atom is -0.292 e. The fourth-order valence-corrected chi connectivity index (χ4v) is 2.81. The standard InChI is InChI=1S/C14H10BrNOS/c1-9-7-18-8-13(9)14(17)12(6-16)10-2-4-11(15)5-3-10/h2-5,7-8,12H,1H3. The number of nitriles is 1. The van der Waals surface area contributed by atoms with Crippen LogP contribution in [0, 0.1) is 18.3 Å². The SMILES string of the molecule is Cc1cscc1C(=O)C(C#N)c1ccc(Br)cc1. The molecule has 2 nitrogen and oxygen atoms in total. The van der Waals surface area contributed by atoms with Crippen molar-refractivity contribution in [3.8, 4) is 6.07 Å². The van der Waals surface area contributed by atoms with E-state index < -0.39 is 5.92 Å². The van der Waals surface area contributed by atoms with Crippen molar-refractivity contribution < 1.29 is 4.79 Å². The second-order valence-corrected chi connectivity index (χ2v) is 5.61. The van der Waals surface area contributed by atoms with E-state index in [1.54, 1.807) is 17.5 Å². The number of carbonyl (C=O) groups is 1. The quantitative estimate of drug-likeness (QED) is 0.791. The van der Waals surface area contributed by atoms with Crippen molar-refractivity contribution in [2.45, 2.75) is 12.8 Å². The van der Waals surface area contributed by atoms with E-state index in [4.69, 9.17) is 0 Å². The van der Waals surface area contributed by atoms with Gasteiger partial charge in [0, 0.05) is 15.4 Å². The van der Waals surface area contributed by atoms with Crippen LogP contribution in [0.2, 0.25) is 0 Å². The summed E-state index contributed by atoms with van der Waals surface area (Å²) < 4.78 is 0.933. The third kappa shape index (κ3) is 2.53. The van der Waals surface area contributed by atoms with Crippen LogP contribution in [-0.4, -0.2) is 5.78 Å². The molecule has 4 heteroatoms. The molecule has 0 N–H and O–H groups in total. The number of hydrogen-bond acceptors (Lipinski definition) is 3. The lowest BCUT2D eigenvalue weighted by molar-refractivity contribution is 0.0979. The van der Waals surface area contributed by atoms with Gasteiger partial charge in [-0.1, -0.05) is 28.1 Å². The number of rotatable bonds is 3. The number of nitrogens with zero attached hydrogens (tertiary/aromatic N) is 1. The number of halogens is 1. The van der Waals surface area contributed by atoms with Gasteiger partial charge in [-0.3, -0.25) is 4.79 Å². The van der Waals surface area contributed by atoms with Gasteiger partial charge in [-0.2, -0.15) is 16.6 Å². The van der Waals surface area contributed by atoms with Crippen molar-refractivity contribution in [2.24, 2.45) is 0 Å². The molecule has 90 valence electrons. The Labute approximate surface area is 118 Å². The lowest BCUT2D eigenvalue weighted by atomic mass is 9.92. The summed E-state index contributed by atoms with van der Waals surface area (Å²) in [5.74, 6) is -0.857. The number of hydrogen-bond donors (Lipinski definition) is 0. The van der Waals surface area contributed by atoms with Crippen LogP contribution in [0.25, 0.3) is 0 Å². The molecule has 0 aliphatic carbocycles. The monoisotopic (exact) mass is 319 g/mol. The summed E-state index contributed by atoms with van der Waals surface area (Å²) in [7, 11) is 0. The summed E-state index contributed by atoms with van der Waals surface area (Å²) in [4.78, 5) is 12.3. The van der Waals surface area contributed by atoms with Crippen LogP contribution >= 0.6 is 27.3 Å². The maximum Gasteiger partial charge on any atom is 0.185 e. The molecular formula is C14H10BrNOS.